The van der Waals surface area contributed by atoms with Crippen molar-refractivity contribution >= 4 is 21.7 Å². The number of hydrogen-bond donors (Lipinski definition) is 2. The van der Waals surface area contributed by atoms with Crippen LogP contribution in [0.25, 0.3) is 0 Å². The molecular formula is C12H21NO5S. The van der Waals surface area contributed by atoms with Crippen LogP contribution in [0.1, 0.15) is 39.0 Å². The van der Waals surface area contributed by atoms with Gasteiger partial charge in [-0.3, -0.25) is 4.79 Å². The number of carbonyl (C=O) groups excluding carboxylic acids is 1. The van der Waals surface area contributed by atoms with Crippen LogP contribution in [0.15, 0.2) is 0 Å². The smallest absolute Gasteiger partial charge is 0.326 e. The molecule has 19 heavy (non-hydrogen) atoms. The molecule has 1 fully saturated rings. The summed E-state index contributed by atoms with van der Waals surface area (Å²) in [5.74, 6) is -1.94. The molecule has 1 aliphatic carbocycles. The van der Waals surface area contributed by atoms with Crippen molar-refractivity contribution in [2.45, 2.75) is 50.3 Å². The van der Waals surface area contributed by atoms with Gasteiger partial charge in [0.05, 0.1) is 0 Å². The van der Waals surface area contributed by atoms with Crippen LogP contribution in [0.4, 0.5) is 0 Å². The number of nitrogens with one attached hydrogen (secondary N) is 1. The van der Waals surface area contributed by atoms with Gasteiger partial charge in [-0.15, -0.1) is 0 Å². The molecule has 0 bridgehead atoms. The molecule has 0 aromatic rings. The van der Waals surface area contributed by atoms with Gasteiger partial charge in [0.2, 0.25) is 5.91 Å². The van der Waals surface area contributed by atoms with E-state index in [-0.39, 0.29) is 5.92 Å². The van der Waals surface area contributed by atoms with E-state index >= 15 is 0 Å². The molecule has 0 spiro atoms. The molecule has 0 saturated heterocycles. The maximum Gasteiger partial charge on any atom is 0.326 e. The predicted octanol–water partition coefficient (Wildman–Crippen LogP) is 0.569. The van der Waals surface area contributed by atoms with Crippen molar-refractivity contribution in [3.8, 4) is 0 Å². The van der Waals surface area contributed by atoms with Crippen molar-refractivity contribution in [3.05, 3.63) is 0 Å². The van der Waals surface area contributed by atoms with Gasteiger partial charge in [-0.25, -0.2) is 13.2 Å². The zero-order valence-electron chi connectivity index (χ0n) is 11.3. The van der Waals surface area contributed by atoms with Crippen LogP contribution < -0.4 is 5.32 Å². The van der Waals surface area contributed by atoms with E-state index in [9.17, 15) is 23.1 Å². The zero-order valence-corrected chi connectivity index (χ0v) is 12.1. The fourth-order valence-electron chi connectivity index (χ4n) is 2.31. The molecule has 110 valence electrons. The molecule has 0 aromatic carbocycles. The minimum Gasteiger partial charge on any atom is -0.480 e. The summed E-state index contributed by atoms with van der Waals surface area (Å²) in [6.45, 7) is 1.27. The lowest BCUT2D eigenvalue weighted by Gasteiger charge is -2.28. The van der Waals surface area contributed by atoms with Gasteiger partial charge in [-0.1, -0.05) is 19.3 Å². The summed E-state index contributed by atoms with van der Waals surface area (Å²) in [5, 5.41) is 10.3. The second-order valence-corrected chi connectivity index (χ2v) is 7.56. The van der Waals surface area contributed by atoms with Gasteiger partial charge >= 0.3 is 5.97 Å². The molecule has 0 radical (unpaired) electrons. The maximum absolute atomic E-state index is 11.8. The molecule has 0 aliphatic heterocycles. The van der Waals surface area contributed by atoms with Crippen molar-refractivity contribution < 1.29 is 23.1 Å². The Hall–Kier alpha value is -1.11. The summed E-state index contributed by atoms with van der Waals surface area (Å²) in [6.07, 6.45) is 5.46. The van der Waals surface area contributed by atoms with Gasteiger partial charge in [-0.2, -0.15) is 0 Å². The van der Waals surface area contributed by atoms with Crippen molar-refractivity contribution in [1.82, 2.24) is 5.32 Å². The normalized spacial score (nSPS) is 20.5. The van der Waals surface area contributed by atoms with Gasteiger partial charge in [0.1, 0.15) is 11.3 Å². The first-order valence-corrected chi connectivity index (χ1v) is 8.41. The highest BCUT2D eigenvalue weighted by Crippen LogP contribution is 2.26. The summed E-state index contributed by atoms with van der Waals surface area (Å²) < 4.78 is 22.6. The lowest BCUT2D eigenvalue weighted by Crippen LogP contribution is -2.50. The molecule has 2 atom stereocenters. The second-order valence-electron chi connectivity index (χ2n) is 5.19. The van der Waals surface area contributed by atoms with E-state index in [1.807, 2.05) is 0 Å². The van der Waals surface area contributed by atoms with Crippen LogP contribution in [-0.4, -0.2) is 42.9 Å². The summed E-state index contributed by atoms with van der Waals surface area (Å²) in [5.41, 5.74) is 0. The Bertz CT molecular complexity index is 439. The van der Waals surface area contributed by atoms with E-state index in [2.05, 4.69) is 5.32 Å². The maximum atomic E-state index is 11.8. The van der Waals surface area contributed by atoms with Crippen molar-refractivity contribution in [1.29, 1.82) is 0 Å². The minimum atomic E-state index is -3.51. The lowest BCUT2D eigenvalue weighted by molar-refractivity contribution is -0.143. The van der Waals surface area contributed by atoms with Gasteiger partial charge in [0.25, 0.3) is 0 Å². The highest BCUT2D eigenvalue weighted by Gasteiger charge is 2.33. The van der Waals surface area contributed by atoms with Crippen LogP contribution in [0.5, 0.6) is 0 Å². The number of aliphatic carboxylic acids is 1. The highest BCUT2D eigenvalue weighted by atomic mass is 32.2. The molecule has 2 unspecified atom stereocenters. The summed E-state index contributed by atoms with van der Waals surface area (Å²) in [6, 6.07) is -0.989. The lowest BCUT2D eigenvalue weighted by atomic mass is 9.84. The van der Waals surface area contributed by atoms with E-state index in [1.54, 1.807) is 0 Å². The SMILES string of the molecule is CC(C(=O)NC(C(=O)O)C1CCCCC1)S(C)(=O)=O. The first kappa shape index (κ1) is 15.9. The van der Waals surface area contributed by atoms with Crippen molar-refractivity contribution in [2.75, 3.05) is 6.26 Å². The largest absolute Gasteiger partial charge is 0.480 e. The fourth-order valence-corrected chi connectivity index (χ4v) is 2.77. The molecule has 6 nitrogen and oxygen atoms in total. The molecule has 7 heteroatoms. The topological polar surface area (TPSA) is 101 Å². The molecule has 2 N–H and O–H groups in total. The summed E-state index contributed by atoms with van der Waals surface area (Å²) >= 11 is 0. The van der Waals surface area contributed by atoms with Gasteiger partial charge in [0.15, 0.2) is 9.84 Å². The standard InChI is InChI=1S/C12H21NO5S/c1-8(19(2,17)18)11(14)13-10(12(15)16)9-6-4-3-5-7-9/h8-10H,3-7H2,1-2H3,(H,13,14)(H,15,16). The second kappa shape index (κ2) is 6.36. The van der Waals surface area contributed by atoms with E-state index in [0.29, 0.717) is 0 Å². The van der Waals surface area contributed by atoms with Crippen molar-refractivity contribution in [2.24, 2.45) is 5.92 Å². The van der Waals surface area contributed by atoms with Crippen molar-refractivity contribution in [3.63, 3.8) is 0 Å². The van der Waals surface area contributed by atoms with Crippen LogP contribution in [-0.2, 0) is 19.4 Å². The minimum absolute atomic E-state index is 0.109. The molecular weight excluding hydrogens is 270 g/mol. The third kappa shape index (κ3) is 4.49. The van der Waals surface area contributed by atoms with Gasteiger partial charge in [-0.05, 0) is 25.7 Å². The Morgan fingerprint density at radius 2 is 1.74 bits per heavy atom. The number of sulfone groups is 1. The third-order valence-corrected chi connectivity index (χ3v) is 5.20. The van der Waals surface area contributed by atoms with Crippen LogP contribution in [0.3, 0.4) is 0 Å². The Balaban J connectivity index is 2.73. The monoisotopic (exact) mass is 291 g/mol. The Morgan fingerprint density at radius 3 is 2.16 bits per heavy atom. The molecule has 0 heterocycles. The first-order valence-electron chi connectivity index (χ1n) is 6.45. The van der Waals surface area contributed by atoms with E-state index < -0.39 is 33.0 Å². The van der Waals surface area contributed by atoms with E-state index in [0.717, 1.165) is 38.4 Å². The third-order valence-electron chi connectivity index (χ3n) is 3.70. The average Bonchev–Trinajstić information content (AvgIpc) is 2.34. The first-order chi connectivity index (χ1) is 8.73. The van der Waals surface area contributed by atoms with E-state index in [4.69, 9.17) is 0 Å². The number of rotatable bonds is 5. The molecule has 1 aliphatic rings. The fraction of sp³-hybridized carbons (Fsp3) is 0.833. The molecule has 0 aromatic heterocycles. The summed E-state index contributed by atoms with van der Waals surface area (Å²) in [4.78, 5) is 23.0. The number of carboxylic acids is 1. The predicted molar refractivity (Wildman–Crippen MR) is 70.4 cm³/mol. The highest BCUT2D eigenvalue weighted by molar-refractivity contribution is 7.92. The Kier molecular flexibility index (Phi) is 5.34. The number of amides is 1. The van der Waals surface area contributed by atoms with E-state index in [1.165, 1.54) is 6.92 Å². The van der Waals surface area contributed by atoms with Crippen LogP contribution in [0, 0.1) is 5.92 Å². The Morgan fingerprint density at radius 1 is 1.21 bits per heavy atom. The zero-order chi connectivity index (χ0) is 14.6. The van der Waals surface area contributed by atoms with Crippen LogP contribution in [0.2, 0.25) is 0 Å². The molecule has 1 amide bonds. The average molecular weight is 291 g/mol. The molecule has 1 saturated carbocycles. The number of carboxylic acid groups (broad SMARTS) is 1. The summed E-state index contributed by atoms with van der Waals surface area (Å²) in [7, 11) is -3.51. The molecule has 1 rings (SSSR count). The van der Waals surface area contributed by atoms with Crippen LogP contribution >= 0.6 is 0 Å². The number of hydrogen-bond acceptors (Lipinski definition) is 4. The quantitative estimate of drug-likeness (QED) is 0.771. The Labute approximate surface area is 113 Å². The van der Waals surface area contributed by atoms with Gasteiger partial charge in [0, 0.05) is 6.26 Å². The van der Waals surface area contributed by atoms with Gasteiger partial charge < -0.3 is 10.4 Å². The number of carbonyl (C=O) groups is 2.